The van der Waals surface area contributed by atoms with E-state index in [9.17, 15) is 4.79 Å². The van der Waals surface area contributed by atoms with Crippen molar-refractivity contribution in [2.45, 2.75) is 13.0 Å². The van der Waals surface area contributed by atoms with Gasteiger partial charge in [0.25, 0.3) is 0 Å². The topological polar surface area (TPSA) is 41.1 Å². The number of urea groups is 1. The number of nitrogens with one attached hydrogen (secondary N) is 2. The van der Waals surface area contributed by atoms with Gasteiger partial charge in [0.05, 0.1) is 6.04 Å². The van der Waals surface area contributed by atoms with Gasteiger partial charge in [0, 0.05) is 15.7 Å². The van der Waals surface area contributed by atoms with Gasteiger partial charge < -0.3 is 10.6 Å². The molecule has 0 aliphatic carbocycles. The van der Waals surface area contributed by atoms with Gasteiger partial charge in [0.2, 0.25) is 0 Å². The van der Waals surface area contributed by atoms with Crippen LogP contribution < -0.4 is 10.6 Å². The van der Waals surface area contributed by atoms with Gasteiger partial charge in [-0.2, -0.15) is 0 Å². The molecule has 2 N–H and O–H groups in total. The molecule has 0 bridgehead atoms. The van der Waals surface area contributed by atoms with Crippen molar-refractivity contribution in [3.63, 3.8) is 0 Å². The lowest BCUT2D eigenvalue weighted by atomic mass is 10.1. The molecule has 2 rings (SSSR count). The monoisotopic (exact) mass is 308 g/mol. The number of hydrogen-bond donors (Lipinski definition) is 2. The molecule has 0 aromatic heterocycles. The summed E-state index contributed by atoms with van der Waals surface area (Å²) in [6.45, 7) is 1.90. The summed E-state index contributed by atoms with van der Waals surface area (Å²) >= 11 is 11.7. The summed E-state index contributed by atoms with van der Waals surface area (Å²) in [5.74, 6) is 0. The molecule has 0 saturated heterocycles. The second-order valence-electron chi connectivity index (χ2n) is 4.38. The zero-order valence-electron chi connectivity index (χ0n) is 10.9. The summed E-state index contributed by atoms with van der Waals surface area (Å²) in [4.78, 5) is 11.9. The molecular weight excluding hydrogens is 295 g/mol. The van der Waals surface area contributed by atoms with Gasteiger partial charge >= 0.3 is 6.03 Å². The average molecular weight is 309 g/mol. The highest BCUT2D eigenvalue weighted by Crippen LogP contribution is 2.17. The first-order valence-electron chi connectivity index (χ1n) is 6.13. The molecule has 0 saturated carbocycles. The number of amides is 2. The minimum Gasteiger partial charge on any atom is -0.331 e. The van der Waals surface area contributed by atoms with Crippen LogP contribution in [0.2, 0.25) is 10.0 Å². The SMILES string of the molecule is CC(NC(=O)Nc1cccc(Cl)c1)c1ccc(Cl)cc1. The molecule has 1 atom stereocenters. The Bertz CT molecular complexity index is 599. The number of rotatable bonds is 3. The van der Waals surface area contributed by atoms with Crippen molar-refractivity contribution >= 4 is 34.9 Å². The van der Waals surface area contributed by atoms with Crippen LogP contribution in [0.3, 0.4) is 0 Å². The van der Waals surface area contributed by atoms with E-state index < -0.39 is 0 Å². The van der Waals surface area contributed by atoms with Gasteiger partial charge in [0.15, 0.2) is 0 Å². The van der Waals surface area contributed by atoms with Crippen molar-refractivity contribution in [1.82, 2.24) is 5.32 Å². The van der Waals surface area contributed by atoms with Crippen LogP contribution in [0.5, 0.6) is 0 Å². The largest absolute Gasteiger partial charge is 0.331 e. The summed E-state index contributed by atoms with van der Waals surface area (Å²) in [6, 6.07) is 13.9. The maximum absolute atomic E-state index is 11.9. The van der Waals surface area contributed by atoms with Gasteiger partial charge in [0.1, 0.15) is 0 Å². The molecule has 3 nitrogen and oxygen atoms in total. The molecule has 0 aliphatic rings. The van der Waals surface area contributed by atoms with Crippen LogP contribution in [-0.4, -0.2) is 6.03 Å². The van der Waals surface area contributed by atoms with Crippen molar-refractivity contribution in [3.05, 3.63) is 64.1 Å². The van der Waals surface area contributed by atoms with Crippen LogP contribution in [-0.2, 0) is 0 Å². The Kier molecular flexibility index (Phi) is 4.88. The van der Waals surface area contributed by atoms with Crippen molar-refractivity contribution in [2.75, 3.05) is 5.32 Å². The number of benzene rings is 2. The molecule has 0 fully saturated rings. The van der Waals surface area contributed by atoms with E-state index in [4.69, 9.17) is 23.2 Å². The molecule has 2 amide bonds. The van der Waals surface area contributed by atoms with Crippen LogP contribution in [0, 0.1) is 0 Å². The zero-order valence-corrected chi connectivity index (χ0v) is 12.4. The Balaban J connectivity index is 1.95. The van der Waals surface area contributed by atoms with Crippen molar-refractivity contribution in [1.29, 1.82) is 0 Å². The zero-order chi connectivity index (χ0) is 14.5. The molecule has 5 heteroatoms. The summed E-state index contributed by atoms with van der Waals surface area (Å²) in [7, 11) is 0. The van der Waals surface area contributed by atoms with Gasteiger partial charge in [-0.25, -0.2) is 4.79 Å². The Morgan fingerprint density at radius 1 is 1.05 bits per heavy atom. The molecule has 2 aromatic carbocycles. The van der Waals surface area contributed by atoms with Gasteiger partial charge in [-0.3, -0.25) is 0 Å². The van der Waals surface area contributed by atoms with Crippen LogP contribution in [0.15, 0.2) is 48.5 Å². The lowest BCUT2D eigenvalue weighted by Gasteiger charge is -2.15. The third-order valence-corrected chi connectivity index (χ3v) is 3.29. The molecule has 0 spiro atoms. The predicted molar refractivity (Wildman–Crippen MR) is 83.5 cm³/mol. The highest BCUT2D eigenvalue weighted by atomic mass is 35.5. The molecule has 20 heavy (non-hydrogen) atoms. The lowest BCUT2D eigenvalue weighted by Crippen LogP contribution is -2.31. The van der Waals surface area contributed by atoms with Crippen molar-refractivity contribution < 1.29 is 4.79 Å². The van der Waals surface area contributed by atoms with E-state index in [-0.39, 0.29) is 12.1 Å². The smallest absolute Gasteiger partial charge is 0.319 e. The summed E-state index contributed by atoms with van der Waals surface area (Å²) in [6.07, 6.45) is 0. The first-order valence-corrected chi connectivity index (χ1v) is 6.89. The second kappa shape index (κ2) is 6.64. The highest BCUT2D eigenvalue weighted by molar-refractivity contribution is 6.31. The third-order valence-electron chi connectivity index (χ3n) is 2.80. The standard InChI is InChI=1S/C15H14Cl2N2O/c1-10(11-5-7-12(16)8-6-11)18-15(20)19-14-4-2-3-13(17)9-14/h2-10H,1H3,(H2,18,19,20). The number of halogens is 2. The van der Waals surface area contributed by atoms with E-state index in [2.05, 4.69) is 10.6 Å². The maximum atomic E-state index is 11.9. The minimum atomic E-state index is -0.283. The molecule has 104 valence electrons. The van der Waals surface area contributed by atoms with Crippen LogP contribution >= 0.6 is 23.2 Å². The maximum Gasteiger partial charge on any atom is 0.319 e. The van der Waals surface area contributed by atoms with E-state index in [1.165, 1.54) is 0 Å². The average Bonchev–Trinajstić information content (AvgIpc) is 2.39. The van der Waals surface area contributed by atoms with E-state index in [1.54, 1.807) is 36.4 Å². The Morgan fingerprint density at radius 3 is 2.40 bits per heavy atom. The normalized spacial score (nSPS) is 11.8. The van der Waals surface area contributed by atoms with Crippen molar-refractivity contribution in [3.8, 4) is 0 Å². The fourth-order valence-electron chi connectivity index (χ4n) is 1.76. The van der Waals surface area contributed by atoms with E-state index >= 15 is 0 Å². The number of hydrogen-bond acceptors (Lipinski definition) is 1. The molecule has 2 aromatic rings. The van der Waals surface area contributed by atoms with Gasteiger partial charge in [-0.05, 0) is 42.8 Å². The minimum absolute atomic E-state index is 0.119. The first kappa shape index (κ1) is 14.7. The Labute approximate surface area is 127 Å². The van der Waals surface area contributed by atoms with Crippen LogP contribution in [0.25, 0.3) is 0 Å². The molecular formula is C15H14Cl2N2O. The molecule has 0 aliphatic heterocycles. The lowest BCUT2D eigenvalue weighted by molar-refractivity contribution is 0.249. The molecule has 1 unspecified atom stereocenters. The fourth-order valence-corrected chi connectivity index (χ4v) is 2.08. The van der Waals surface area contributed by atoms with E-state index in [0.717, 1.165) is 5.56 Å². The first-order chi connectivity index (χ1) is 9.54. The van der Waals surface area contributed by atoms with Crippen molar-refractivity contribution in [2.24, 2.45) is 0 Å². The van der Waals surface area contributed by atoms with Gasteiger partial charge in [-0.1, -0.05) is 41.4 Å². The summed E-state index contributed by atoms with van der Waals surface area (Å²) < 4.78 is 0. The number of anilines is 1. The van der Waals surface area contributed by atoms with Gasteiger partial charge in [-0.15, -0.1) is 0 Å². The number of carbonyl (C=O) groups excluding carboxylic acids is 1. The quantitative estimate of drug-likeness (QED) is 0.834. The summed E-state index contributed by atoms with van der Waals surface area (Å²) in [5.41, 5.74) is 1.63. The summed E-state index contributed by atoms with van der Waals surface area (Å²) in [5, 5.41) is 6.83. The Hall–Kier alpha value is -1.71. The Morgan fingerprint density at radius 2 is 1.75 bits per heavy atom. The third kappa shape index (κ3) is 4.15. The van der Waals surface area contributed by atoms with E-state index in [1.807, 2.05) is 19.1 Å². The van der Waals surface area contributed by atoms with Crippen LogP contribution in [0.1, 0.15) is 18.5 Å². The molecule has 0 radical (unpaired) electrons. The van der Waals surface area contributed by atoms with E-state index in [0.29, 0.717) is 15.7 Å². The fraction of sp³-hybridized carbons (Fsp3) is 0.133. The molecule has 0 heterocycles. The predicted octanol–water partition coefficient (Wildman–Crippen LogP) is 4.88. The van der Waals surface area contributed by atoms with Crippen LogP contribution in [0.4, 0.5) is 10.5 Å². The number of carbonyl (C=O) groups is 1. The highest BCUT2D eigenvalue weighted by Gasteiger charge is 2.09. The second-order valence-corrected chi connectivity index (χ2v) is 5.25.